The third kappa shape index (κ3) is 2.65. The second kappa shape index (κ2) is 4.58. The van der Waals surface area contributed by atoms with Gasteiger partial charge in [0.15, 0.2) is 0 Å². The zero-order valence-corrected chi connectivity index (χ0v) is 10.7. The highest BCUT2D eigenvalue weighted by atomic mass is 14.7. The van der Waals surface area contributed by atoms with Gasteiger partial charge >= 0.3 is 0 Å². The Kier molecular flexibility index (Phi) is 3.34. The van der Waals surface area contributed by atoms with Crippen LogP contribution in [0.1, 0.15) is 36.5 Å². The van der Waals surface area contributed by atoms with Crippen molar-refractivity contribution in [1.29, 1.82) is 0 Å². The summed E-state index contributed by atoms with van der Waals surface area (Å²) in [6.07, 6.45) is 3.81. The molecular formula is C15H23N. The summed E-state index contributed by atoms with van der Waals surface area (Å²) in [5.41, 5.74) is 10.4. The summed E-state index contributed by atoms with van der Waals surface area (Å²) in [5.74, 6) is 1.59. The smallest absolute Gasteiger partial charge is 0.0108 e. The van der Waals surface area contributed by atoms with Crippen LogP contribution in [0.4, 0.5) is 0 Å². The topological polar surface area (TPSA) is 26.0 Å². The van der Waals surface area contributed by atoms with Crippen LogP contribution in [0.3, 0.4) is 0 Å². The second-order valence-corrected chi connectivity index (χ2v) is 5.48. The molecule has 1 aromatic rings. The van der Waals surface area contributed by atoms with Crippen LogP contribution in [0.15, 0.2) is 18.2 Å². The van der Waals surface area contributed by atoms with Crippen LogP contribution in [0.5, 0.6) is 0 Å². The molecule has 0 bridgehead atoms. The van der Waals surface area contributed by atoms with E-state index in [0.29, 0.717) is 12.0 Å². The molecule has 2 N–H and O–H groups in total. The molecule has 1 saturated carbocycles. The van der Waals surface area contributed by atoms with E-state index in [2.05, 4.69) is 39.0 Å². The Hall–Kier alpha value is -0.820. The van der Waals surface area contributed by atoms with Crippen molar-refractivity contribution in [3.63, 3.8) is 0 Å². The van der Waals surface area contributed by atoms with E-state index >= 15 is 0 Å². The number of benzene rings is 1. The molecule has 1 fully saturated rings. The zero-order valence-electron chi connectivity index (χ0n) is 10.7. The average molecular weight is 217 g/mol. The number of aryl methyl sites for hydroxylation is 2. The van der Waals surface area contributed by atoms with E-state index in [1.54, 1.807) is 0 Å². The van der Waals surface area contributed by atoms with Crippen molar-refractivity contribution in [1.82, 2.24) is 0 Å². The van der Waals surface area contributed by atoms with E-state index in [0.717, 1.165) is 12.3 Å². The summed E-state index contributed by atoms with van der Waals surface area (Å²) in [7, 11) is 0. The first kappa shape index (κ1) is 11.7. The summed E-state index contributed by atoms with van der Waals surface area (Å²) in [4.78, 5) is 0. The van der Waals surface area contributed by atoms with Gasteiger partial charge in [-0.1, -0.05) is 25.1 Å². The molecule has 2 rings (SSSR count). The summed E-state index contributed by atoms with van der Waals surface area (Å²) < 4.78 is 0. The number of hydrogen-bond acceptors (Lipinski definition) is 1. The fourth-order valence-corrected chi connectivity index (χ4v) is 2.36. The predicted octanol–water partition coefficient (Wildman–Crippen LogP) is 3.22. The van der Waals surface area contributed by atoms with Crippen LogP contribution < -0.4 is 5.73 Å². The van der Waals surface area contributed by atoms with Gasteiger partial charge in [0.25, 0.3) is 0 Å². The Bertz CT molecular complexity index is 366. The number of nitrogens with two attached hydrogens (primary N) is 1. The minimum Gasteiger partial charge on any atom is -0.327 e. The van der Waals surface area contributed by atoms with Gasteiger partial charge in [-0.05, 0) is 61.6 Å². The molecule has 0 amide bonds. The summed E-state index contributed by atoms with van der Waals surface area (Å²) >= 11 is 0. The molecule has 88 valence electrons. The van der Waals surface area contributed by atoms with Crippen LogP contribution in [-0.4, -0.2) is 6.04 Å². The van der Waals surface area contributed by atoms with Gasteiger partial charge < -0.3 is 5.73 Å². The van der Waals surface area contributed by atoms with Crippen LogP contribution in [-0.2, 0) is 6.42 Å². The normalized spacial score (nSPS) is 19.5. The first-order valence-corrected chi connectivity index (χ1v) is 6.39. The molecule has 2 atom stereocenters. The summed E-state index contributed by atoms with van der Waals surface area (Å²) in [5, 5.41) is 0. The van der Waals surface area contributed by atoms with E-state index in [4.69, 9.17) is 5.73 Å². The standard InChI is InChI=1S/C15H23N/c1-10-4-5-13(8-11(10)2)9-15(16)12(3)14-6-7-14/h4-5,8,12,14-15H,6-7,9,16H2,1-3H3. The Morgan fingerprint density at radius 3 is 2.50 bits per heavy atom. The second-order valence-electron chi connectivity index (χ2n) is 5.48. The lowest BCUT2D eigenvalue weighted by Crippen LogP contribution is -2.31. The first-order chi connectivity index (χ1) is 7.58. The Balaban J connectivity index is 1.99. The Morgan fingerprint density at radius 1 is 1.25 bits per heavy atom. The fourth-order valence-electron chi connectivity index (χ4n) is 2.36. The monoisotopic (exact) mass is 217 g/mol. The highest BCUT2D eigenvalue weighted by Crippen LogP contribution is 2.38. The lowest BCUT2D eigenvalue weighted by atomic mass is 9.91. The highest BCUT2D eigenvalue weighted by Gasteiger charge is 2.31. The molecule has 0 saturated heterocycles. The van der Waals surface area contributed by atoms with Crippen molar-refractivity contribution in [2.45, 2.75) is 46.1 Å². The van der Waals surface area contributed by atoms with Gasteiger partial charge in [-0.25, -0.2) is 0 Å². The third-order valence-corrected chi connectivity index (χ3v) is 4.08. The van der Waals surface area contributed by atoms with E-state index in [1.165, 1.54) is 29.5 Å². The first-order valence-electron chi connectivity index (χ1n) is 6.39. The van der Waals surface area contributed by atoms with E-state index in [9.17, 15) is 0 Å². The molecule has 1 aliphatic rings. The van der Waals surface area contributed by atoms with E-state index in [1.807, 2.05) is 0 Å². The van der Waals surface area contributed by atoms with Crippen LogP contribution in [0.25, 0.3) is 0 Å². The van der Waals surface area contributed by atoms with Crippen molar-refractivity contribution in [2.24, 2.45) is 17.6 Å². The molecule has 16 heavy (non-hydrogen) atoms. The molecule has 1 nitrogen and oxygen atoms in total. The molecule has 1 heteroatoms. The van der Waals surface area contributed by atoms with Gasteiger partial charge in [0.1, 0.15) is 0 Å². The van der Waals surface area contributed by atoms with Crippen LogP contribution >= 0.6 is 0 Å². The molecule has 1 aliphatic carbocycles. The van der Waals surface area contributed by atoms with Crippen LogP contribution in [0.2, 0.25) is 0 Å². The number of rotatable bonds is 4. The lowest BCUT2D eigenvalue weighted by molar-refractivity contribution is 0.404. The lowest BCUT2D eigenvalue weighted by Gasteiger charge is -2.19. The zero-order chi connectivity index (χ0) is 11.7. The molecule has 0 aromatic heterocycles. The van der Waals surface area contributed by atoms with Gasteiger partial charge in [-0.2, -0.15) is 0 Å². The van der Waals surface area contributed by atoms with Gasteiger partial charge in [-0.3, -0.25) is 0 Å². The molecule has 0 spiro atoms. The van der Waals surface area contributed by atoms with Crippen molar-refractivity contribution >= 4 is 0 Å². The average Bonchev–Trinajstić information content (AvgIpc) is 3.06. The Labute approximate surface area is 99.0 Å². The van der Waals surface area contributed by atoms with E-state index in [-0.39, 0.29) is 0 Å². The maximum absolute atomic E-state index is 6.28. The predicted molar refractivity (Wildman–Crippen MR) is 69.5 cm³/mol. The SMILES string of the molecule is Cc1ccc(CC(N)C(C)C2CC2)cc1C. The van der Waals surface area contributed by atoms with Crippen molar-refractivity contribution in [3.8, 4) is 0 Å². The highest BCUT2D eigenvalue weighted by molar-refractivity contribution is 5.30. The molecule has 0 radical (unpaired) electrons. The summed E-state index contributed by atoms with van der Waals surface area (Å²) in [6, 6.07) is 7.05. The third-order valence-electron chi connectivity index (χ3n) is 4.08. The van der Waals surface area contributed by atoms with Gasteiger partial charge in [-0.15, -0.1) is 0 Å². The number of hydrogen-bond donors (Lipinski definition) is 1. The molecule has 1 aromatic carbocycles. The molecule has 0 heterocycles. The maximum atomic E-state index is 6.28. The maximum Gasteiger partial charge on any atom is 0.0108 e. The fraction of sp³-hybridized carbons (Fsp3) is 0.600. The van der Waals surface area contributed by atoms with Gasteiger partial charge in [0.2, 0.25) is 0 Å². The van der Waals surface area contributed by atoms with Gasteiger partial charge in [0, 0.05) is 6.04 Å². The summed E-state index contributed by atoms with van der Waals surface area (Å²) in [6.45, 7) is 6.64. The van der Waals surface area contributed by atoms with Crippen molar-refractivity contribution in [2.75, 3.05) is 0 Å². The van der Waals surface area contributed by atoms with E-state index < -0.39 is 0 Å². The quantitative estimate of drug-likeness (QED) is 0.823. The van der Waals surface area contributed by atoms with Crippen LogP contribution in [0, 0.1) is 25.7 Å². The Morgan fingerprint density at radius 2 is 1.94 bits per heavy atom. The van der Waals surface area contributed by atoms with Crippen molar-refractivity contribution in [3.05, 3.63) is 34.9 Å². The van der Waals surface area contributed by atoms with Gasteiger partial charge in [0.05, 0.1) is 0 Å². The molecule has 2 unspecified atom stereocenters. The minimum absolute atomic E-state index is 0.328. The largest absolute Gasteiger partial charge is 0.327 e. The minimum atomic E-state index is 0.328. The molecule has 0 aliphatic heterocycles. The molecular weight excluding hydrogens is 194 g/mol. The van der Waals surface area contributed by atoms with Crippen molar-refractivity contribution < 1.29 is 0 Å².